The van der Waals surface area contributed by atoms with Gasteiger partial charge in [-0.3, -0.25) is 4.79 Å². The van der Waals surface area contributed by atoms with Crippen LogP contribution in [0, 0.1) is 0 Å². The van der Waals surface area contributed by atoms with Crippen LogP contribution < -0.4 is 5.32 Å². The number of thiophene rings is 1. The van der Waals surface area contributed by atoms with Gasteiger partial charge in [-0.25, -0.2) is 0 Å². The summed E-state index contributed by atoms with van der Waals surface area (Å²) in [5.41, 5.74) is 1.96. The number of aliphatic hydroxyl groups excluding tert-OH is 1. The number of aromatic nitrogens is 2. The van der Waals surface area contributed by atoms with Crippen molar-refractivity contribution in [3.63, 3.8) is 0 Å². The molecule has 1 unspecified atom stereocenters. The second-order valence-corrected chi connectivity index (χ2v) is 7.02. The number of nitrogens with one attached hydrogen (secondary N) is 1. The maximum Gasteiger partial charge on any atom is 0.251 e. The Hall–Kier alpha value is -2.55. The molecule has 8 heteroatoms. The SMILES string of the molecule is O=C(NCC(O)c1ccc(-c2ccco2)s1)c1ccc2nsnc2c1. The minimum absolute atomic E-state index is 0.129. The molecule has 0 radical (unpaired) electrons. The molecular weight excluding hydrogens is 358 g/mol. The third-order valence-corrected chi connectivity index (χ3v) is 5.45. The van der Waals surface area contributed by atoms with Gasteiger partial charge in [-0.15, -0.1) is 11.3 Å². The zero-order valence-electron chi connectivity index (χ0n) is 12.9. The number of benzene rings is 1. The van der Waals surface area contributed by atoms with Crippen LogP contribution in [0.15, 0.2) is 53.1 Å². The van der Waals surface area contributed by atoms with Gasteiger partial charge < -0.3 is 14.8 Å². The van der Waals surface area contributed by atoms with Gasteiger partial charge in [-0.1, -0.05) is 0 Å². The van der Waals surface area contributed by atoms with Gasteiger partial charge in [0, 0.05) is 17.0 Å². The van der Waals surface area contributed by atoms with Gasteiger partial charge in [-0.2, -0.15) is 8.75 Å². The summed E-state index contributed by atoms with van der Waals surface area (Å²) in [6.07, 6.45) is 0.836. The molecule has 0 saturated carbocycles. The van der Waals surface area contributed by atoms with Crippen LogP contribution >= 0.6 is 23.1 Å². The lowest BCUT2D eigenvalue weighted by molar-refractivity contribution is 0.0918. The normalized spacial score (nSPS) is 12.4. The van der Waals surface area contributed by atoms with Crippen molar-refractivity contribution in [3.8, 4) is 10.6 Å². The van der Waals surface area contributed by atoms with Crippen LogP contribution in [0.2, 0.25) is 0 Å². The molecule has 0 fully saturated rings. The highest BCUT2D eigenvalue weighted by atomic mass is 32.1. The molecule has 0 aliphatic heterocycles. The van der Waals surface area contributed by atoms with E-state index in [0.29, 0.717) is 11.1 Å². The number of amides is 1. The van der Waals surface area contributed by atoms with Crippen molar-refractivity contribution in [3.05, 3.63) is 59.2 Å². The number of hydrogen-bond acceptors (Lipinski definition) is 7. The Bertz CT molecular complexity index is 1010. The molecule has 0 spiro atoms. The third-order valence-electron chi connectivity index (χ3n) is 3.69. The summed E-state index contributed by atoms with van der Waals surface area (Å²) >= 11 is 2.55. The van der Waals surface area contributed by atoms with Crippen molar-refractivity contribution in [2.24, 2.45) is 0 Å². The zero-order chi connectivity index (χ0) is 17.2. The van der Waals surface area contributed by atoms with Crippen LogP contribution in [0.25, 0.3) is 21.7 Å². The van der Waals surface area contributed by atoms with Crippen LogP contribution in [0.5, 0.6) is 0 Å². The number of carbonyl (C=O) groups excluding carboxylic acids is 1. The Morgan fingerprint density at radius 1 is 1.20 bits per heavy atom. The van der Waals surface area contributed by atoms with E-state index in [4.69, 9.17) is 4.42 Å². The van der Waals surface area contributed by atoms with Crippen LogP contribution in [0.3, 0.4) is 0 Å². The summed E-state index contributed by atoms with van der Waals surface area (Å²) in [6, 6.07) is 12.6. The van der Waals surface area contributed by atoms with Crippen molar-refractivity contribution in [1.82, 2.24) is 14.1 Å². The average Bonchev–Trinajstić information content (AvgIpc) is 3.38. The zero-order valence-corrected chi connectivity index (χ0v) is 14.5. The van der Waals surface area contributed by atoms with Gasteiger partial charge in [0.15, 0.2) is 0 Å². The van der Waals surface area contributed by atoms with Crippen LogP contribution in [-0.2, 0) is 0 Å². The van der Waals surface area contributed by atoms with E-state index in [1.54, 1.807) is 24.5 Å². The first-order chi connectivity index (χ1) is 12.2. The van der Waals surface area contributed by atoms with E-state index in [2.05, 4.69) is 14.1 Å². The standard InChI is InChI=1S/C17H13N3O3S2/c21-13(15-5-6-16(24-15)14-2-1-7-23-14)9-18-17(22)10-3-4-11-12(8-10)20-25-19-11/h1-8,13,21H,9H2,(H,18,22). The Kier molecular flexibility index (Phi) is 4.31. The first kappa shape index (κ1) is 15.9. The molecule has 25 heavy (non-hydrogen) atoms. The lowest BCUT2D eigenvalue weighted by Gasteiger charge is -2.10. The van der Waals surface area contributed by atoms with E-state index in [-0.39, 0.29) is 12.5 Å². The van der Waals surface area contributed by atoms with Gasteiger partial charge in [-0.05, 0) is 42.5 Å². The Morgan fingerprint density at radius 2 is 2.08 bits per heavy atom. The van der Waals surface area contributed by atoms with Crippen LogP contribution in [0.4, 0.5) is 0 Å². The highest BCUT2D eigenvalue weighted by molar-refractivity contribution is 7.15. The van der Waals surface area contributed by atoms with E-state index >= 15 is 0 Å². The minimum Gasteiger partial charge on any atom is -0.464 e. The third kappa shape index (κ3) is 3.32. The summed E-state index contributed by atoms with van der Waals surface area (Å²) in [6.45, 7) is 0.129. The second kappa shape index (κ2) is 6.75. The summed E-state index contributed by atoms with van der Waals surface area (Å²) in [4.78, 5) is 14.0. The molecular formula is C17H13N3O3S2. The van der Waals surface area contributed by atoms with Crippen LogP contribution in [-0.4, -0.2) is 26.3 Å². The molecule has 1 amide bonds. The lowest BCUT2D eigenvalue weighted by Crippen LogP contribution is -2.28. The monoisotopic (exact) mass is 371 g/mol. The maximum atomic E-state index is 12.3. The Balaban J connectivity index is 1.41. The summed E-state index contributed by atoms with van der Waals surface area (Å²) < 4.78 is 13.6. The van der Waals surface area contributed by atoms with Crippen molar-refractivity contribution in [1.29, 1.82) is 0 Å². The molecule has 0 saturated heterocycles. The van der Waals surface area contributed by atoms with Crippen molar-refractivity contribution in [2.75, 3.05) is 6.54 Å². The molecule has 2 N–H and O–H groups in total. The van der Waals surface area contributed by atoms with E-state index in [1.807, 2.05) is 24.3 Å². The summed E-state index contributed by atoms with van der Waals surface area (Å²) in [7, 11) is 0. The molecule has 4 rings (SSSR count). The van der Waals surface area contributed by atoms with E-state index < -0.39 is 6.10 Å². The Morgan fingerprint density at radius 3 is 2.92 bits per heavy atom. The number of furan rings is 1. The molecule has 0 aliphatic carbocycles. The number of rotatable bonds is 5. The molecule has 1 atom stereocenters. The summed E-state index contributed by atoms with van der Waals surface area (Å²) in [5, 5.41) is 13.1. The quantitative estimate of drug-likeness (QED) is 0.561. The highest BCUT2D eigenvalue weighted by Crippen LogP contribution is 2.31. The van der Waals surface area contributed by atoms with Gasteiger partial charge in [0.05, 0.1) is 22.9 Å². The van der Waals surface area contributed by atoms with Gasteiger partial charge in [0.25, 0.3) is 5.91 Å². The Labute approximate surface area is 151 Å². The number of hydrogen-bond donors (Lipinski definition) is 2. The largest absolute Gasteiger partial charge is 0.464 e. The van der Waals surface area contributed by atoms with Crippen LogP contribution in [0.1, 0.15) is 21.3 Å². The molecule has 4 aromatic rings. The molecule has 126 valence electrons. The van der Waals surface area contributed by atoms with Gasteiger partial charge in [0.1, 0.15) is 22.9 Å². The lowest BCUT2D eigenvalue weighted by atomic mass is 10.2. The number of aliphatic hydroxyl groups is 1. The van der Waals surface area contributed by atoms with Gasteiger partial charge in [0.2, 0.25) is 0 Å². The molecule has 6 nitrogen and oxygen atoms in total. The number of nitrogens with zero attached hydrogens (tertiary/aromatic N) is 2. The van der Waals surface area contributed by atoms with Crippen molar-refractivity contribution >= 4 is 40.0 Å². The molecule has 1 aromatic carbocycles. The predicted octanol–water partition coefficient (Wildman–Crippen LogP) is 3.48. The van der Waals surface area contributed by atoms with E-state index in [9.17, 15) is 9.90 Å². The smallest absolute Gasteiger partial charge is 0.251 e. The molecule has 0 aliphatic rings. The molecule has 3 heterocycles. The number of carbonyl (C=O) groups is 1. The predicted molar refractivity (Wildman–Crippen MR) is 96.7 cm³/mol. The molecule has 0 bridgehead atoms. The van der Waals surface area contributed by atoms with Crippen molar-refractivity contribution in [2.45, 2.75) is 6.10 Å². The fourth-order valence-corrected chi connectivity index (χ4v) is 3.88. The average molecular weight is 371 g/mol. The first-order valence-corrected chi connectivity index (χ1v) is 9.07. The fourth-order valence-electron chi connectivity index (χ4n) is 2.40. The molecule has 3 aromatic heterocycles. The van der Waals surface area contributed by atoms with Crippen molar-refractivity contribution < 1.29 is 14.3 Å². The van der Waals surface area contributed by atoms with E-state index in [0.717, 1.165) is 32.8 Å². The fraction of sp³-hybridized carbons (Fsp3) is 0.118. The summed E-state index contributed by atoms with van der Waals surface area (Å²) in [5.74, 6) is 0.509. The second-order valence-electron chi connectivity index (χ2n) is 5.37. The first-order valence-electron chi connectivity index (χ1n) is 7.53. The highest BCUT2D eigenvalue weighted by Gasteiger charge is 2.15. The topological polar surface area (TPSA) is 88.2 Å². The minimum atomic E-state index is -0.776. The van der Waals surface area contributed by atoms with Gasteiger partial charge >= 0.3 is 0 Å². The number of fused-ring (bicyclic) bond motifs is 1. The maximum absolute atomic E-state index is 12.3. The van der Waals surface area contributed by atoms with E-state index in [1.165, 1.54) is 11.3 Å².